The number of hydrogen-bond acceptors (Lipinski definition) is 10. The quantitative estimate of drug-likeness (QED) is 0.354. The van der Waals surface area contributed by atoms with E-state index in [1.165, 1.54) is 0 Å². The molecule has 0 aliphatic rings. The van der Waals surface area contributed by atoms with Crippen molar-refractivity contribution in [2.75, 3.05) is 13.2 Å². The second-order valence-electron chi connectivity index (χ2n) is 2.48. The standard InChI is InChI=1S/C2H7NO.4C2H4O2.Pt/c3-1-2-4;4*1-2(3)4;/h4H,1-3H2;4*1H3,(H,3,4);/q;;;;;+4/p-4. The van der Waals surface area contributed by atoms with Crippen LogP contribution < -0.4 is 26.2 Å². The second-order valence-corrected chi connectivity index (χ2v) is 2.48. The summed E-state index contributed by atoms with van der Waals surface area (Å²) in [6.45, 7) is 4.36. The topological polar surface area (TPSA) is 207 Å². The summed E-state index contributed by atoms with van der Waals surface area (Å²) in [5.41, 5.74) is 4.78. The van der Waals surface area contributed by atoms with Gasteiger partial charge in [-0.3, -0.25) is 0 Å². The maximum atomic E-state index is 8.89. The smallest absolute Gasteiger partial charge is 0.550 e. The molecule has 0 aliphatic heterocycles. The first-order valence-electron chi connectivity index (χ1n) is 4.86. The van der Waals surface area contributed by atoms with E-state index in [9.17, 15) is 0 Å². The van der Waals surface area contributed by atoms with Crippen LogP contribution in [-0.2, 0) is 40.2 Å². The van der Waals surface area contributed by atoms with Crippen molar-refractivity contribution in [3.8, 4) is 0 Å². The van der Waals surface area contributed by atoms with E-state index < -0.39 is 23.9 Å². The zero-order valence-corrected chi connectivity index (χ0v) is 14.3. The third kappa shape index (κ3) is 19200. The number of aliphatic carboxylic acids is 4. The summed E-state index contributed by atoms with van der Waals surface area (Å²) in [7, 11) is 0. The van der Waals surface area contributed by atoms with Crippen molar-refractivity contribution < 1.29 is 65.8 Å². The normalized spacial score (nSPS) is 6.19. The maximum absolute atomic E-state index is 8.89. The van der Waals surface area contributed by atoms with Gasteiger partial charge in [0, 0.05) is 30.4 Å². The molecule has 0 spiro atoms. The van der Waals surface area contributed by atoms with Crippen LogP contribution in [0.5, 0.6) is 0 Å². The predicted molar refractivity (Wildman–Crippen MR) is 58.9 cm³/mol. The SMILES string of the molecule is CC(=O)[O-].CC(=O)[O-].CC(=O)[O-].CC(=O)[O-].NCCO.[Pt+4]. The van der Waals surface area contributed by atoms with E-state index in [2.05, 4.69) is 0 Å². The van der Waals surface area contributed by atoms with Gasteiger partial charge in [0.25, 0.3) is 0 Å². The van der Waals surface area contributed by atoms with Gasteiger partial charge in [0.1, 0.15) is 0 Å². The molecular formula is C10H19NO9Pt. The van der Waals surface area contributed by atoms with Crippen molar-refractivity contribution in [3.63, 3.8) is 0 Å². The average molecular weight is 492 g/mol. The molecule has 3 N–H and O–H groups in total. The molecule has 0 aromatic rings. The number of carboxylic acid groups (broad SMARTS) is 4. The van der Waals surface area contributed by atoms with Crippen LogP contribution >= 0.6 is 0 Å². The number of carbonyl (C=O) groups is 4. The summed E-state index contributed by atoms with van der Waals surface area (Å²) in [6.07, 6.45) is 0. The van der Waals surface area contributed by atoms with Gasteiger partial charge in [-0.15, -0.1) is 0 Å². The Morgan fingerprint density at radius 3 is 0.810 bits per heavy atom. The van der Waals surface area contributed by atoms with Crippen LogP contribution in [-0.4, -0.2) is 42.1 Å². The van der Waals surface area contributed by atoms with Crippen molar-refractivity contribution in [1.29, 1.82) is 0 Å². The Balaban J connectivity index is -0.0000000331. The molecule has 0 amide bonds. The molecule has 0 aliphatic carbocycles. The Bertz CT molecular complexity index is 193. The molecule has 0 fully saturated rings. The molecule has 0 bridgehead atoms. The van der Waals surface area contributed by atoms with Crippen LogP contribution in [0.3, 0.4) is 0 Å². The summed E-state index contributed by atoms with van der Waals surface area (Å²) in [5.74, 6) is -4.33. The zero-order valence-electron chi connectivity index (χ0n) is 12.0. The molecule has 0 atom stereocenters. The molecular weight excluding hydrogens is 473 g/mol. The van der Waals surface area contributed by atoms with Crippen LogP contribution in [0.2, 0.25) is 0 Å². The van der Waals surface area contributed by atoms with Gasteiger partial charge in [-0.05, 0) is 27.7 Å². The minimum atomic E-state index is -1.08. The van der Waals surface area contributed by atoms with E-state index in [0.717, 1.165) is 27.7 Å². The third-order valence-corrected chi connectivity index (χ3v) is 0.129. The number of rotatable bonds is 1. The van der Waals surface area contributed by atoms with Crippen LogP contribution in [0.1, 0.15) is 27.7 Å². The van der Waals surface area contributed by atoms with E-state index in [1.807, 2.05) is 0 Å². The van der Waals surface area contributed by atoms with E-state index in [-0.39, 0.29) is 27.7 Å². The summed E-state index contributed by atoms with van der Waals surface area (Å²) >= 11 is 0. The molecule has 11 heteroatoms. The third-order valence-electron chi connectivity index (χ3n) is 0.129. The Morgan fingerprint density at radius 2 is 0.810 bits per heavy atom. The molecule has 0 aromatic carbocycles. The van der Waals surface area contributed by atoms with Gasteiger partial charge in [0.15, 0.2) is 0 Å². The monoisotopic (exact) mass is 492 g/mol. The first-order valence-corrected chi connectivity index (χ1v) is 4.86. The van der Waals surface area contributed by atoms with Gasteiger partial charge in [0.05, 0.1) is 6.61 Å². The van der Waals surface area contributed by atoms with Crippen LogP contribution in [0.15, 0.2) is 0 Å². The molecule has 0 saturated carbocycles. The summed E-state index contributed by atoms with van der Waals surface area (Å²) < 4.78 is 0. The molecule has 0 saturated heterocycles. The molecule has 128 valence electrons. The number of nitrogens with two attached hydrogens (primary N) is 1. The van der Waals surface area contributed by atoms with Crippen molar-refractivity contribution in [3.05, 3.63) is 0 Å². The maximum Gasteiger partial charge on any atom is 4.00 e. The Morgan fingerprint density at radius 1 is 0.762 bits per heavy atom. The molecule has 0 aromatic heterocycles. The Labute approximate surface area is 136 Å². The number of carbonyl (C=O) groups excluding carboxylic acids is 4. The fraction of sp³-hybridized carbons (Fsp3) is 0.600. The minimum absolute atomic E-state index is 0. The van der Waals surface area contributed by atoms with Gasteiger partial charge >= 0.3 is 21.1 Å². The van der Waals surface area contributed by atoms with Crippen LogP contribution in [0.25, 0.3) is 0 Å². The molecule has 21 heavy (non-hydrogen) atoms. The van der Waals surface area contributed by atoms with Gasteiger partial charge < -0.3 is 50.4 Å². The predicted octanol–water partition coefficient (Wildman–Crippen LogP) is -6.04. The zero-order chi connectivity index (χ0) is 17.7. The van der Waals surface area contributed by atoms with E-state index >= 15 is 0 Å². The number of carboxylic acids is 4. The summed E-state index contributed by atoms with van der Waals surface area (Å²) in [5, 5.41) is 43.3. The molecule has 0 unspecified atom stereocenters. The molecule has 0 heterocycles. The average Bonchev–Trinajstić information content (AvgIpc) is 2.13. The molecule has 10 nitrogen and oxygen atoms in total. The van der Waals surface area contributed by atoms with Crippen molar-refractivity contribution in [1.82, 2.24) is 0 Å². The van der Waals surface area contributed by atoms with Gasteiger partial charge in [-0.1, -0.05) is 0 Å². The van der Waals surface area contributed by atoms with Crippen molar-refractivity contribution in [2.45, 2.75) is 27.7 Å². The Hall–Kier alpha value is -1.51. The van der Waals surface area contributed by atoms with Gasteiger partial charge in [-0.2, -0.15) is 0 Å². The number of aliphatic hydroxyl groups excluding tert-OH is 1. The number of aliphatic hydroxyl groups is 1. The Kier molecular flexibility index (Phi) is 63.2. The first kappa shape index (κ1) is 36.6. The van der Waals surface area contributed by atoms with E-state index in [1.54, 1.807) is 0 Å². The van der Waals surface area contributed by atoms with Gasteiger partial charge in [0.2, 0.25) is 0 Å². The fourth-order valence-electron chi connectivity index (χ4n) is 0. The van der Waals surface area contributed by atoms with Crippen molar-refractivity contribution >= 4 is 23.9 Å². The van der Waals surface area contributed by atoms with E-state index in [0.29, 0.717) is 6.54 Å². The second kappa shape index (κ2) is 36.3. The molecule has 0 rings (SSSR count). The minimum Gasteiger partial charge on any atom is -0.550 e. The fourth-order valence-corrected chi connectivity index (χ4v) is 0. The molecule has 0 radical (unpaired) electrons. The van der Waals surface area contributed by atoms with Gasteiger partial charge in [-0.25, -0.2) is 0 Å². The van der Waals surface area contributed by atoms with Crippen LogP contribution in [0.4, 0.5) is 0 Å². The number of hydrogen-bond donors (Lipinski definition) is 2. The first-order chi connectivity index (χ1) is 8.84. The van der Waals surface area contributed by atoms with Crippen molar-refractivity contribution in [2.24, 2.45) is 5.73 Å². The van der Waals surface area contributed by atoms with E-state index in [4.69, 9.17) is 50.4 Å². The summed E-state index contributed by atoms with van der Waals surface area (Å²) in [4.78, 5) is 35.6. The summed E-state index contributed by atoms with van der Waals surface area (Å²) in [6, 6.07) is 0. The van der Waals surface area contributed by atoms with Crippen LogP contribution in [0, 0.1) is 0 Å². The largest absolute Gasteiger partial charge is 4.00 e.